The van der Waals surface area contributed by atoms with E-state index < -0.39 is 12.1 Å². The van der Waals surface area contributed by atoms with Crippen LogP contribution in [0.1, 0.15) is 49.3 Å². The topological polar surface area (TPSA) is 88.5 Å². The Kier molecular flexibility index (Phi) is 6.65. The van der Waals surface area contributed by atoms with E-state index in [4.69, 9.17) is 9.84 Å². The summed E-state index contributed by atoms with van der Waals surface area (Å²) in [5.74, 6) is -1.34. The molecule has 1 unspecified atom stereocenters. The quantitative estimate of drug-likeness (QED) is 0.717. The lowest BCUT2D eigenvalue weighted by atomic mass is 10.2. The second kappa shape index (κ2) is 8.24. The van der Waals surface area contributed by atoms with Crippen LogP contribution in [0, 0.1) is 6.92 Å². The number of aryl methyl sites for hydroxylation is 1. The minimum absolute atomic E-state index is 0.101. The molecule has 2 N–H and O–H groups in total. The van der Waals surface area contributed by atoms with Crippen LogP contribution in [0.5, 0.6) is 5.75 Å². The third kappa shape index (κ3) is 5.41. The predicted molar refractivity (Wildman–Crippen MR) is 78.6 cm³/mol. The Morgan fingerprint density at radius 3 is 2.71 bits per heavy atom. The number of rotatable bonds is 8. The predicted octanol–water partition coefficient (Wildman–Crippen LogP) is 2.16. The number of carbonyl (C=O) groups is 2. The minimum Gasteiger partial charge on any atom is -0.478 e. The molecule has 0 saturated heterocycles. The van der Waals surface area contributed by atoms with Crippen LogP contribution in [0.4, 0.5) is 0 Å². The van der Waals surface area contributed by atoms with Gasteiger partial charge in [-0.05, 0) is 32.4 Å². The van der Waals surface area contributed by atoms with E-state index in [0.717, 1.165) is 19.3 Å². The van der Waals surface area contributed by atoms with Crippen LogP contribution in [-0.2, 0) is 4.79 Å². The van der Waals surface area contributed by atoms with E-state index in [-0.39, 0.29) is 17.4 Å². The van der Waals surface area contributed by atoms with Gasteiger partial charge >= 0.3 is 5.97 Å². The SMILES string of the molecule is CCCCCNC(=O)C(C)Oc1ccc(C)nc1C(=O)O. The molecule has 0 aliphatic carbocycles. The lowest BCUT2D eigenvalue weighted by molar-refractivity contribution is -0.127. The average Bonchev–Trinajstić information content (AvgIpc) is 2.44. The van der Waals surface area contributed by atoms with Gasteiger partial charge in [-0.2, -0.15) is 0 Å². The summed E-state index contributed by atoms with van der Waals surface area (Å²) in [4.78, 5) is 26.9. The van der Waals surface area contributed by atoms with Crippen molar-refractivity contribution in [2.75, 3.05) is 6.54 Å². The number of carboxylic acid groups (broad SMARTS) is 1. The number of pyridine rings is 1. The molecule has 1 rings (SSSR count). The first-order valence-electron chi connectivity index (χ1n) is 7.11. The number of nitrogens with one attached hydrogen (secondary N) is 1. The summed E-state index contributed by atoms with van der Waals surface area (Å²) in [6.07, 6.45) is 2.29. The van der Waals surface area contributed by atoms with Gasteiger partial charge < -0.3 is 15.2 Å². The number of hydrogen-bond acceptors (Lipinski definition) is 4. The van der Waals surface area contributed by atoms with Gasteiger partial charge in [-0.15, -0.1) is 0 Å². The number of nitrogens with zero attached hydrogens (tertiary/aromatic N) is 1. The summed E-state index contributed by atoms with van der Waals surface area (Å²) in [7, 11) is 0. The van der Waals surface area contributed by atoms with Gasteiger partial charge in [0.25, 0.3) is 5.91 Å². The summed E-state index contributed by atoms with van der Waals surface area (Å²) in [5, 5.41) is 11.9. The molecule has 0 aliphatic rings. The van der Waals surface area contributed by atoms with Crippen LogP contribution in [0.3, 0.4) is 0 Å². The van der Waals surface area contributed by atoms with E-state index in [1.165, 1.54) is 6.07 Å². The van der Waals surface area contributed by atoms with Gasteiger partial charge in [0.05, 0.1) is 0 Å². The van der Waals surface area contributed by atoms with Crippen molar-refractivity contribution in [1.82, 2.24) is 10.3 Å². The highest BCUT2D eigenvalue weighted by atomic mass is 16.5. The van der Waals surface area contributed by atoms with Gasteiger partial charge in [-0.3, -0.25) is 4.79 Å². The summed E-state index contributed by atoms with van der Waals surface area (Å²) >= 11 is 0. The van der Waals surface area contributed by atoms with Crippen molar-refractivity contribution in [2.24, 2.45) is 0 Å². The Morgan fingerprint density at radius 1 is 1.38 bits per heavy atom. The van der Waals surface area contributed by atoms with E-state index >= 15 is 0 Å². The van der Waals surface area contributed by atoms with Gasteiger partial charge in [0.2, 0.25) is 0 Å². The highest BCUT2D eigenvalue weighted by Crippen LogP contribution is 2.18. The maximum absolute atomic E-state index is 11.9. The van der Waals surface area contributed by atoms with E-state index in [0.29, 0.717) is 12.2 Å². The number of carboxylic acids is 1. The first-order chi connectivity index (χ1) is 9.95. The second-order valence-corrected chi connectivity index (χ2v) is 4.86. The van der Waals surface area contributed by atoms with Crippen LogP contribution in [-0.4, -0.2) is 34.6 Å². The van der Waals surface area contributed by atoms with Gasteiger partial charge in [-0.25, -0.2) is 9.78 Å². The van der Waals surface area contributed by atoms with Crippen molar-refractivity contribution < 1.29 is 19.4 Å². The van der Waals surface area contributed by atoms with Crippen LogP contribution in [0.2, 0.25) is 0 Å². The third-order valence-corrected chi connectivity index (χ3v) is 2.95. The van der Waals surface area contributed by atoms with Crippen molar-refractivity contribution in [1.29, 1.82) is 0 Å². The summed E-state index contributed by atoms with van der Waals surface area (Å²) in [6.45, 7) is 5.96. The molecule has 6 nitrogen and oxygen atoms in total. The van der Waals surface area contributed by atoms with Crippen molar-refractivity contribution in [3.8, 4) is 5.75 Å². The number of aromatic nitrogens is 1. The number of amides is 1. The number of aromatic carboxylic acids is 1. The molecule has 1 amide bonds. The van der Waals surface area contributed by atoms with Gasteiger partial charge in [0, 0.05) is 12.2 Å². The molecule has 0 aromatic carbocycles. The van der Waals surface area contributed by atoms with Crippen LogP contribution in [0.15, 0.2) is 12.1 Å². The van der Waals surface area contributed by atoms with E-state index in [1.807, 2.05) is 0 Å². The smallest absolute Gasteiger partial charge is 0.358 e. The molecule has 1 atom stereocenters. The zero-order valence-electron chi connectivity index (χ0n) is 12.7. The summed E-state index contributed by atoms with van der Waals surface area (Å²) in [5.41, 5.74) is 0.400. The number of ether oxygens (including phenoxy) is 1. The Bertz CT molecular complexity index is 502. The Balaban J connectivity index is 2.63. The normalized spacial score (nSPS) is 11.8. The fraction of sp³-hybridized carbons (Fsp3) is 0.533. The first kappa shape index (κ1) is 16.9. The van der Waals surface area contributed by atoms with Crippen molar-refractivity contribution in [3.05, 3.63) is 23.5 Å². The molecule has 0 spiro atoms. The molecule has 0 fully saturated rings. The third-order valence-electron chi connectivity index (χ3n) is 2.95. The molecule has 6 heteroatoms. The summed E-state index contributed by atoms with van der Waals surface area (Å²) < 4.78 is 5.43. The zero-order valence-corrected chi connectivity index (χ0v) is 12.7. The fourth-order valence-electron chi connectivity index (χ4n) is 1.77. The molecule has 21 heavy (non-hydrogen) atoms. The van der Waals surface area contributed by atoms with Gasteiger partial charge in [-0.1, -0.05) is 19.8 Å². The lowest BCUT2D eigenvalue weighted by Gasteiger charge is -2.16. The standard InChI is InChI=1S/C15H22N2O4/c1-4-5-6-9-16-14(18)11(3)21-12-8-7-10(2)17-13(12)15(19)20/h7-8,11H,4-6,9H2,1-3H3,(H,16,18)(H,19,20). The lowest BCUT2D eigenvalue weighted by Crippen LogP contribution is -2.37. The molecule has 0 aliphatic heterocycles. The molecule has 0 bridgehead atoms. The van der Waals surface area contributed by atoms with E-state index in [9.17, 15) is 9.59 Å². The van der Waals surface area contributed by atoms with E-state index in [2.05, 4.69) is 17.2 Å². The zero-order chi connectivity index (χ0) is 15.8. The van der Waals surface area contributed by atoms with Crippen molar-refractivity contribution in [2.45, 2.75) is 46.1 Å². The highest BCUT2D eigenvalue weighted by molar-refractivity contribution is 5.89. The van der Waals surface area contributed by atoms with Gasteiger partial charge in [0.15, 0.2) is 17.5 Å². The maximum Gasteiger partial charge on any atom is 0.358 e. The molecule has 1 heterocycles. The average molecular weight is 294 g/mol. The molecular formula is C15H22N2O4. The first-order valence-corrected chi connectivity index (χ1v) is 7.11. The van der Waals surface area contributed by atoms with Crippen LogP contribution >= 0.6 is 0 Å². The molecule has 0 radical (unpaired) electrons. The Hall–Kier alpha value is -2.11. The maximum atomic E-state index is 11.9. The fourth-order valence-corrected chi connectivity index (χ4v) is 1.77. The molecular weight excluding hydrogens is 272 g/mol. The Morgan fingerprint density at radius 2 is 2.10 bits per heavy atom. The van der Waals surface area contributed by atoms with Gasteiger partial charge in [0.1, 0.15) is 0 Å². The number of hydrogen-bond donors (Lipinski definition) is 2. The largest absolute Gasteiger partial charge is 0.478 e. The Labute approximate surface area is 124 Å². The highest BCUT2D eigenvalue weighted by Gasteiger charge is 2.19. The second-order valence-electron chi connectivity index (χ2n) is 4.86. The minimum atomic E-state index is -1.18. The monoisotopic (exact) mass is 294 g/mol. The van der Waals surface area contributed by atoms with Crippen molar-refractivity contribution >= 4 is 11.9 Å². The van der Waals surface area contributed by atoms with E-state index in [1.54, 1.807) is 19.9 Å². The van der Waals surface area contributed by atoms with Crippen molar-refractivity contribution in [3.63, 3.8) is 0 Å². The molecule has 116 valence electrons. The number of unbranched alkanes of at least 4 members (excludes halogenated alkanes) is 2. The molecule has 1 aromatic heterocycles. The summed E-state index contributed by atoms with van der Waals surface area (Å²) in [6, 6.07) is 3.17. The molecule has 0 saturated carbocycles. The number of carbonyl (C=O) groups excluding carboxylic acids is 1. The van der Waals surface area contributed by atoms with Crippen LogP contribution < -0.4 is 10.1 Å². The molecule has 1 aromatic rings. The van der Waals surface area contributed by atoms with Crippen LogP contribution in [0.25, 0.3) is 0 Å².